The highest BCUT2D eigenvalue weighted by atomic mass is 79.9. The van der Waals surface area contributed by atoms with Crippen LogP contribution in [0.25, 0.3) is 0 Å². The van der Waals surface area contributed by atoms with E-state index >= 15 is 0 Å². The van der Waals surface area contributed by atoms with Crippen molar-refractivity contribution in [2.24, 2.45) is 0 Å². The minimum atomic E-state index is -0.692. The lowest BCUT2D eigenvalue weighted by Crippen LogP contribution is -2.39. The van der Waals surface area contributed by atoms with Crippen LogP contribution < -0.4 is 10.2 Å². The van der Waals surface area contributed by atoms with Crippen LogP contribution in [0.4, 0.5) is 10.1 Å². The second-order valence-corrected chi connectivity index (χ2v) is 7.19. The summed E-state index contributed by atoms with van der Waals surface area (Å²) in [5.74, 6) is -1.19. The van der Waals surface area contributed by atoms with E-state index in [1.54, 1.807) is 38.1 Å². The number of rotatable bonds is 8. The van der Waals surface area contributed by atoms with Gasteiger partial charge in [-0.05, 0) is 50.2 Å². The number of hydrogen-bond acceptors (Lipinski definition) is 3. The maximum Gasteiger partial charge on any atom is 0.227 e. The number of nitrogens with one attached hydrogen (secondary N) is 1. The Morgan fingerprint density at radius 1 is 1.04 bits per heavy atom. The molecule has 148 valence electrons. The van der Waals surface area contributed by atoms with Gasteiger partial charge in [-0.2, -0.15) is 0 Å². The van der Waals surface area contributed by atoms with Gasteiger partial charge in [0.2, 0.25) is 11.8 Å². The number of ketones is 1. The second-order valence-electron chi connectivity index (χ2n) is 6.27. The fourth-order valence-corrected chi connectivity index (χ4v) is 2.99. The summed E-state index contributed by atoms with van der Waals surface area (Å²) in [6.07, 6.45) is -0.0370. The van der Waals surface area contributed by atoms with Gasteiger partial charge >= 0.3 is 0 Å². The first-order valence-corrected chi connectivity index (χ1v) is 9.76. The highest BCUT2D eigenvalue weighted by Crippen LogP contribution is 2.16. The highest BCUT2D eigenvalue weighted by Gasteiger charge is 2.19. The Labute approximate surface area is 172 Å². The largest absolute Gasteiger partial charge is 0.346 e. The molecular formula is C21H22BrFN2O3. The normalized spacial score (nSPS) is 11.6. The third-order valence-corrected chi connectivity index (χ3v) is 4.75. The molecule has 0 aliphatic rings. The zero-order chi connectivity index (χ0) is 20.7. The molecule has 0 spiro atoms. The Kier molecular flexibility index (Phi) is 7.87. The number of carbonyl (C=O) groups is 3. The van der Waals surface area contributed by atoms with E-state index in [-0.39, 0.29) is 36.3 Å². The molecule has 5 nitrogen and oxygen atoms in total. The number of amides is 2. The van der Waals surface area contributed by atoms with Gasteiger partial charge in [-0.3, -0.25) is 14.4 Å². The zero-order valence-electron chi connectivity index (χ0n) is 15.7. The molecule has 1 N–H and O–H groups in total. The third kappa shape index (κ3) is 5.99. The summed E-state index contributed by atoms with van der Waals surface area (Å²) in [6.45, 7) is 3.83. The molecule has 0 radical (unpaired) electrons. The van der Waals surface area contributed by atoms with Crippen molar-refractivity contribution < 1.29 is 18.8 Å². The molecule has 0 saturated heterocycles. The SMILES string of the molecule is CCN(C(=O)CCC(=O)NC(C)C(=O)c1ccc(Br)cc1)c1ccc(F)cc1. The molecule has 2 aromatic rings. The maximum atomic E-state index is 13.1. The minimum absolute atomic E-state index is 0.00373. The first-order valence-electron chi connectivity index (χ1n) is 8.97. The number of Topliss-reactive ketones (excluding diaryl/α,β-unsaturated/α-hetero) is 1. The highest BCUT2D eigenvalue weighted by molar-refractivity contribution is 9.10. The Balaban J connectivity index is 1.88. The summed E-state index contributed by atoms with van der Waals surface area (Å²) >= 11 is 3.31. The Bertz CT molecular complexity index is 838. The fourth-order valence-electron chi connectivity index (χ4n) is 2.72. The molecular weight excluding hydrogens is 427 g/mol. The van der Waals surface area contributed by atoms with Crippen molar-refractivity contribution in [2.45, 2.75) is 32.7 Å². The fraction of sp³-hybridized carbons (Fsp3) is 0.286. The van der Waals surface area contributed by atoms with E-state index in [2.05, 4.69) is 21.2 Å². The van der Waals surface area contributed by atoms with Crippen molar-refractivity contribution in [1.29, 1.82) is 0 Å². The lowest BCUT2D eigenvalue weighted by molar-refractivity contribution is -0.125. The van der Waals surface area contributed by atoms with Gasteiger partial charge < -0.3 is 10.2 Å². The number of nitrogens with zero attached hydrogens (tertiary/aromatic N) is 1. The molecule has 2 aromatic carbocycles. The van der Waals surface area contributed by atoms with Crippen LogP contribution in [0.1, 0.15) is 37.0 Å². The smallest absolute Gasteiger partial charge is 0.227 e. The average Bonchev–Trinajstić information content (AvgIpc) is 2.68. The second kappa shape index (κ2) is 10.1. The van der Waals surface area contributed by atoms with E-state index in [0.717, 1.165) is 4.47 Å². The van der Waals surface area contributed by atoms with Gasteiger partial charge in [-0.1, -0.05) is 28.1 Å². The predicted molar refractivity (Wildman–Crippen MR) is 110 cm³/mol. The van der Waals surface area contributed by atoms with Crippen molar-refractivity contribution in [3.63, 3.8) is 0 Å². The molecule has 1 unspecified atom stereocenters. The van der Waals surface area contributed by atoms with Crippen LogP contribution in [0.5, 0.6) is 0 Å². The molecule has 0 bridgehead atoms. The molecule has 0 heterocycles. The van der Waals surface area contributed by atoms with Crippen LogP contribution in [0.2, 0.25) is 0 Å². The average molecular weight is 449 g/mol. The van der Waals surface area contributed by atoms with Crippen LogP contribution in [-0.2, 0) is 9.59 Å². The summed E-state index contributed by atoms with van der Waals surface area (Å²) < 4.78 is 13.9. The molecule has 0 aliphatic heterocycles. The van der Waals surface area contributed by atoms with Crippen molar-refractivity contribution in [3.8, 4) is 0 Å². The third-order valence-electron chi connectivity index (χ3n) is 4.22. The van der Waals surface area contributed by atoms with Crippen molar-refractivity contribution in [1.82, 2.24) is 5.32 Å². The van der Waals surface area contributed by atoms with Crippen LogP contribution in [0.3, 0.4) is 0 Å². The summed E-state index contributed by atoms with van der Waals surface area (Å²) in [7, 11) is 0. The summed E-state index contributed by atoms with van der Waals surface area (Å²) in [5, 5.41) is 2.63. The first kappa shape index (κ1) is 21.8. The number of anilines is 1. The quantitative estimate of drug-likeness (QED) is 0.617. The zero-order valence-corrected chi connectivity index (χ0v) is 17.3. The minimum Gasteiger partial charge on any atom is -0.346 e. The molecule has 1 atom stereocenters. The summed E-state index contributed by atoms with van der Waals surface area (Å²) in [6, 6.07) is 11.8. The van der Waals surface area contributed by atoms with E-state index < -0.39 is 6.04 Å². The summed E-state index contributed by atoms with van der Waals surface area (Å²) in [4.78, 5) is 38.4. The van der Waals surface area contributed by atoms with Gasteiger partial charge in [-0.25, -0.2) is 4.39 Å². The summed E-state index contributed by atoms with van der Waals surface area (Å²) in [5.41, 5.74) is 1.08. The number of carbonyl (C=O) groups excluding carboxylic acids is 3. The number of halogens is 2. The number of benzene rings is 2. The van der Waals surface area contributed by atoms with Gasteiger partial charge in [-0.15, -0.1) is 0 Å². The molecule has 28 heavy (non-hydrogen) atoms. The van der Waals surface area contributed by atoms with Gasteiger partial charge in [0.1, 0.15) is 5.82 Å². The van der Waals surface area contributed by atoms with Crippen LogP contribution in [0, 0.1) is 5.82 Å². The van der Waals surface area contributed by atoms with Crippen LogP contribution in [-0.4, -0.2) is 30.2 Å². The topological polar surface area (TPSA) is 66.5 Å². The molecule has 0 aliphatic carbocycles. The van der Waals surface area contributed by atoms with Gasteiger partial charge in [0, 0.05) is 35.1 Å². The van der Waals surface area contributed by atoms with E-state index in [4.69, 9.17) is 0 Å². The van der Waals surface area contributed by atoms with Crippen molar-refractivity contribution in [3.05, 3.63) is 64.4 Å². The van der Waals surface area contributed by atoms with E-state index in [1.807, 2.05) is 0 Å². The molecule has 2 rings (SSSR count). The molecule has 2 amide bonds. The lowest BCUT2D eigenvalue weighted by Gasteiger charge is -2.21. The molecule has 0 fully saturated rings. The van der Waals surface area contributed by atoms with E-state index in [1.165, 1.54) is 29.2 Å². The molecule has 7 heteroatoms. The van der Waals surface area contributed by atoms with Crippen molar-refractivity contribution in [2.75, 3.05) is 11.4 Å². The Hall–Kier alpha value is -2.54. The monoisotopic (exact) mass is 448 g/mol. The molecule has 0 saturated carbocycles. The Morgan fingerprint density at radius 3 is 2.21 bits per heavy atom. The van der Waals surface area contributed by atoms with Gasteiger partial charge in [0.25, 0.3) is 0 Å². The van der Waals surface area contributed by atoms with Crippen molar-refractivity contribution >= 4 is 39.2 Å². The Morgan fingerprint density at radius 2 is 1.64 bits per heavy atom. The lowest BCUT2D eigenvalue weighted by atomic mass is 10.1. The number of hydrogen-bond donors (Lipinski definition) is 1. The first-order chi connectivity index (χ1) is 13.3. The standard InChI is InChI=1S/C21H22BrFN2O3/c1-3-25(18-10-8-17(23)9-11-18)20(27)13-12-19(26)24-14(2)21(28)15-4-6-16(22)7-5-15/h4-11,14H,3,12-13H2,1-2H3,(H,24,26). The van der Waals surface area contributed by atoms with E-state index in [9.17, 15) is 18.8 Å². The van der Waals surface area contributed by atoms with E-state index in [0.29, 0.717) is 17.8 Å². The maximum absolute atomic E-state index is 13.1. The molecule has 0 aromatic heterocycles. The van der Waals surface area contributed by atoms with Crippen LogP contribution in [0.15, 0.2) is 53.0 Å². The van der Waals surface area contributed by atoms with Crippen LogP contribution >= 0.6 is 15.9 Å². The van der Waals surface area contributed by atoms with Gasteiger partial charge in [0.05, 0.1) is 6.04 Å². The predicted octanol–water partition coefficient (Wildman–Crippen LogP) is 4.11. The van der Waals surface area contributed by atoms with Gasteiger partial charge in [0.15, 0.2) is 5.78 Å².